The Labute approximate surface area is 129 Å². The summed E-state index contributed by atoms with van der Waals surface area (Å²) in [6, 6.07) is 6.36. The summed E-state index contributed by atoms with van der Waals surface area (Å²) in [6.07, 6.45) is 7.30. The summed E-state index contributed by atoms with van der Waals surface area (Å²) >= 11 is 0. The van der Waals surface area contributed by atoms with E-state index in [1.807, 2.05) is 6.20 Å². The van der Waals surface area contributed by atoms with Crippen molar-refractivity contribution in [2.45, 2.75) is 51.0 Å². The van der Waals surface area contributed by atoms with Crippen LogP contribution in [0.15, 0.2) is 29.2 Å². The van der Waals surface area contributed by atoms with Gasteiger partial charge in [-0.15, -0.1) is 0 Å². The van der Waals surface area contributed by atoms with E-state index in [0.29, 0.717) is 12.0 Å². The van der Waals surface area contributed by atoms with E-state index in [1.54, 1.807) is 0 Å². The second kappa shape index (κ2) is 5.27. The molecule has 114 valence electrons. The molecule has 1 saturated carbocycles. The molecule has 0 radical (unpaired) electrons. The minimum atomic E-state index is -0.0292. The van der Waals surface area contributed by atoms with Crippen molar-refractivity contribution in [1.82, 2.24) is 10.2 Å². The van der Waals surface area contributed by atoms with Crippen molar-refractivity contribution < 1.29 is 4.74 Å². The number of ether oxygens (including phenoxy) is 1. The summed E-state index contributed by atoms with van der Waals surface area (Å²) in [5.41, 5.74) is 4.57. The molecule has 0 spiro atoms. The molecule has 22 heavy (non-hydrogen) atoms. The molecular weight excluding hydrogens is 276 g/mol. The standard InChI is InChI=1S/C18H20N2O2/c1-11-15(3-2-4-17(11)22-14-6-7-14)12-5-8-16-13(9-12)10-19-20-18(16)21/h2-4,10,12,14H,5-9H2,1H3,(H,20,21). The van der Waals surface area contributed by atoms with Crippen molar-refractivity contribution >= 4 is 0 Å². The minimum absolute atomic E-state index is 0.0292. The van der Waals surface area contributed by atoms with Gasteiger partial charge in [0.05, 0.1) is 12.3 Å². The molecule has 4 heteroatoms. The highest BCUT2D eigenvalue weighted by molar-refractivity contribution is 5.43. The third-order valence-electron chi connectivity index (χ3n) is 4.84. The van der Waals surface area contributed by atoms with Crippen molar-refractivity contribution in [3.05, 3.63) is 57.0 Å². The highest BCUT2D eigenvalue weighted by atomic mass is 16.5. The molecule has 1 aromatic heterocycles. The Morgan fingerprint density at radius 1 is 1.27 bits per heavy atom. The average Bonchev–Trinajstić information content (AvgIpc) is 3.33. The molecule has 0 saturated heterocycles. The number of hydrogen-bond acceptors (Lipinski definition) is 3. The van der Waals surface area contributed by atoms with Crippen LogP contribution in [0, 0.1) is 6.92 Å². The lowest BCUT2D eigenvalue weighted by Gasteiger charge is -2.26. The third kappa shape index (κ3) is 2.43. The number of nitrogens with zero attached hydrogens (tertiary/aromatic N) is 1. The van der Waals surface area contributed by atoms with Gasteiger partial charge in [0.15, 0.2) is 0 Å². The first-order valence-corrected chi connectivity index (χ1v) is 8.04. The number of fused-ring (bicyclic) bond motifs is 1. The molecule has 1 unspecified atom stereocenters. The molecular formula is C18H20N2O2. The van der Waals surface area contributed by atoms with E-state index in [1.165, 1.54) is 24.0 Å². The fourth-order valence-electron chi connectivity index (χ4n) is 3.43. The normalized spacial score (nSPS) is 20.5. The number of nitrogens with one attached hydrogen (secondary N) is 1. The van der Waals surface area contributed by atoms with Crippen molar-refractivity contribution in [3.8, 4) is 5.75 Å². The quantitative estimate of drug-likeness (QED) is 0.947. The van der Waals surface area contributed by atoms with Crippen LogP contribution in [0.5, 0.6) is 5.75 Å². The third-order valence-corrected chi connectivity index (χ3v) is 4.84. The summed E-state index contributed by atoms with van der Waals surface area (Å²) in [5, 5.41) is 6.49. The second-order valence-electron chi connectivity index (χ2n) is 6.43. The van der Waals surface area contributed by atoms with Crippen LogP contribution in [-0.2, 0) is 12.8 Å². The Morgan fingerprint density at radius 2 is 2.14 bits per heavy atom. The molecule has 0 amide bonds. The molecule has 1 fully saturated rings. The Kier molecular flexibility index (Phi) is 3.25. The second-order valence-corrected chi connectivity index (χ2v) is 6.43. The summed E-state index contributed by atoms with van der Waals surface area (Å²) in [7, 11) is 0. The number of H-pyrrole nitrogens is 1. The molecule has 2 aromatic rings. The van der Waals surface area contributed by atoms with Crippen molar-refractivity contribution in [1.29, 1.82) is 0 Å². The highest BCUT2D eigenvalue weighted by Gasteiger charge is 2.27. The maximum absolute atomic E-state index is 11.8. The summed E-state index contributed by atoms with van der Waals surface area (Å²) in [4.78, 5) is 11.8. The molecule has 2 aliphatic carbocycles. The zero-order chi connectivity index (χ0) is 15.1. The van der Waals surface area contributed by atoms with Crippen molar-refractivity contribution in [2.75, 3.05) is 0 Å². The van der Waals surface area contributed by atoms with Gasteiger partial charge in [-0.1, -0.05) is 12.1 Å². The Bertz CT molecular complexity index is 762. The van der Waals surface area contributed by atoms with Crippen LogP contribution in [0.2, 0.25) is 0 Å². The molecule has 1 atom stereocenters. The summed E-state index contributed by atoms with van der Waals surface area (Å²) in [6.45, 7) is 2.15. The lowest BCUT2D eigenvalue weighted by Crippen LogP contribution is -2.23. The number of rotatable bonds is 3. The van der Waals surface area contributed by atoms with E-state index >= 15 is 0 Å². The van der Waals surface area contributed by atoms with E-state index in [-0.39, 0.29) is 5.56 Å². The van der Waals surface area contributed by atoms with E-state index in [0.717, 1.165) is 36.1 Å². The van der Waals surface area contributed by atoms with Crippen LogP contribution in [0.4, 0.5) is 0 Å². The van der Waals surface area contributed by atoms with Gasteiger partial charge in [0.25, 0.3) is 5.56 Å². The van der Waals surface area contributed by atoms with Crippen LogP contribution in [0.3, 0.4) is 0 Å². The SMILES string of the molecule is Cc1c(OC2CC2)cccc1C1CCc2c(cn[nH]c2=O)C1. The maximum Gasteiger partial charge on any atom is 0.267 e. The monoisotopic (exact) mass is 296 g/mol. The zero-order valence-corrected chi connectivity index (χ0v) is 12.8. The molecule has 0 bridgehead atoms. The van der Waals surface area contributed by atoms with Crippen LogP contribution in [0.25, 0.3) is 0 Å². The van der Waals surface area contributed by atoms with Gasteiger partial charge < -0.3 is 4.74 Å². The molecule has 0 aliphatic heterocycles. The lowest BCUT2D eigenvalue weighted by molar-refractivity contribution is 0.300. The average molecular weight is 296 g/mol. The van der Waals surface area contributed by atoms with Crippen molar-refractivity contribution in [2.24, 2.45) is 0 Å². The summed E-state index contributed by atoms with van der Waals surface area (Å²) < 4.78 is 6.01. The van der Waals surface area contributed by atoms with Gasteiger partial charge in [-0.05, 0) is 67.7 Å². The van der Waals surface area contributed by atoms with E-state index < -0.39 is 0 Å². The number of benzene rings is 1. The van der Waals surface area contributed by atoms with E-state index in [2.05, 4.69) is 35.3 Å². The van der Waals surface area contributed by atoms with Crippen LogP contribution >= 0.6 is 0 Å². The molecule has 1 aromatic carbocycles. The Morgan fingerprint density at radius 3 is 2.95 bits per heavy atom. The van der Waals surface area contributed by atoms with Gasteiger partial charge in [-0.3, -0.25) is 4.79 Å². The minimum Gasteiger partial charge on any atom is -0.490 e. The van der Waals surface area contributed by atoms with Gasteiger partial charge in [0.1, 0.15) is 5.75 Å². The number of aromatic amines is 1. The predicted molar refractivity (Wildman–Crippen MR) is 84.5 cm³/mol. The first-order valence-electron chi connectivity index (χ1n) is 8.04. The Balaban J connectivity index is 1.64. The maximum atomic E-state index is 11.8. The molecule has 4 nitrogen and oxygen atoms in total. The van der Waals surface area contributed by atoms with E-state index in [4.69, 9.17) is 4.74 Å². The fraction of sp³-hybridized carbons (Fsp3) is 0.444. The lowest BCUT2D eigenvalue weighted by atomic mass is 9.80. The fourth-order valence-corrected chi connectivity index (χ4v) is 3.43. The largest absolute Gasteiger partial charge is 0.490 e. The zero-order valence-electron chi connectivity index (χ0n) is 12.8. The molecule has 2 aliphatic rings. The number of aromatic nitrogens is 2. The van der Waals surface area contributed by atoms with Gasteiger partial charge in [0.2, 0.25) is 0 Å². The summed E-state index contributed by atoms with van der Waals surface area (Å²) in [5.74, 6) is 1.47. The van der Waals surface area contributed by atoms with Crippen LogP contribution < -0.4 is 10.3 Å². The van der Waals surface area contributed by atoms with Gasteiger partial charge >= 0.3 is 0 Å². The molecule has 1 N–H and O–H groups in total. The predicted octanol–water partition coefficient (Wildman–Crippen LogP) is 2.89. The highest BCUT2D eigenvalue weighted by Crippen LogP contribution is 2.37. The van der Waals surface area contributed by atoms with Crippen LogP contribution in [0.1, 0.15) is 47.4 Å². The number of hydrogen-bond donors (Lipinski definition) is 1. The van der Waals surface area contributed by atoms with Crippen LogP contribution in [-0.4, -0.2) is 16.3 Å². The van der Waals surface area contributed by atoms with Gasteiger partial charge in [-0.2, -0.15) is 5.10 Å². The first-order chi connectivity index (χ1) is 10.7. The topological polar surface area (TPSA) is 55.0 Å². The molecule has 4 rings (SSSR count). The Hall–Kier alpha value is -2.10. The molecule has 1 heterocycles. The van der Waals surface area contributed by atoms with Crippen molar-refractivity contribution in [3.63, 3.8) is 0 Å². The van der Waals surface area contributed by atoms with Gasteiger partial charge in [-0.25, -0.2) is 5.10 Å². The first kappa shape index (κ1) is 13.6. The van der Waals surface area contributed by atoms with E-state index in [9.17, 15) is 4.79 Å². The van der Waals surface area contributed by atoms with Gasteiger partial charge in [0, 0.05) is 5.56 Å². The smallest absolute Gasteiger partial charge is 0.267 e.